The Bertz CT molecular complexity index is 834. The first-order valence-corrected chi connectivity index (χ1v) is 15.4. The minimum absolute atomic E-state index is 0.180. The van der Waals surface area contributed by atoms with Gasteiger partial charge < -0.3 is 9.64 Å². The van der Waals surface area contributed by atoms with Crippen molar-refractivity contribution >= 4 is 23.8 Å². The van der Waals surface area contributed by atoms with E-state index >= 15 is 0 Å². The van der Waals surface area contributed by atoms with Gasteiger partial charge in [0.15, 0.2) is 6.61 Å². The van der Waals surface area contributed by atoms with E-state index in [4.69, 9.17) is 4.74 Å². The number of ether oxygens (including phenoxy) is 1. The fourth-order valence-corrected chi connectivity index (χ4v) is 10.1. The van der Waals surface area contributed by atoms with Gasteiger partial charge in [-0.2, -0.15) is 17.0 Å². The van der Waals surface area contributed by atoms with Crippen LogP contribution in [0, 0.1) is 23.2 Å². The van der Waals surface area contributed by atoms with Crippen LogP contribution in [0.25, 0.3) is 0 Å². The number of unbranched alkanes of at least 4 members (excludes halogenated alkanes) is 4. The van der Waals surface area contributed by atoms with Crippen LogP contribution in [0.15, 0.2) is 0 Å². The minimum atomic E-state index is -0.392. The van der Waals surface area contributed by atoms with Crippen molar-refractivity contribution in [2.24, 2.45) is 11.8 Å². The molecular formula is C29H47N3O3S. The van der Waals surface area contributed by atoms with E-state index in [1.165, 1.54) is 57.1 Å². The van der Waals surface area contributed by atoms with Gasteiger partial charge in [0.25, 0.3) is 5.91 Å². The smallest absolute Gasteiger partial charge is 0.411 e. The van der Waals surface area contributed by atoms with E-state index in [-0.39, 0.29) is 34.4 Å². The molecule has 0 aromatic carbocycles. The van der Waals surface area contributed by atoms with E-state index in [0.29, 0.717) is 24.8 Å². The second-order valence-electron chi connectivity index (χ2n) is 13.1. The van der Waals surface area contributed by atoms with E-state index in [1.807, 2.05) is 4.90 Å². The number of nitriles is 1. The Labute approximate surface area is 222 Å². The zero-order valence-corrected chi connectivity index (χ0v) is 23.8. The second kappa shape index (κ2) is 11.1. The number of carbonyl (C=O) groups excluding carboxylic acids is 2. The Balaban J connectivity index is 1.44. The molecule has 0 N–H and O–H groups in total. The van der Waals surface area contributed by atoms with Gasteiger partial charge in [0.1, 0.15) is 6.04 Å². The fraction of sp³-hybridized carbons (Fsp3) is 0.897. The van der Waals surface area contributed by atoms with Crippen LogP contribution in [0.3, 0.4) is 0 Å². The number of hydrogen-bond acceptors (Lipinski definition) is 5. The van der Waals surface area contributed by atoms with Gasteiger partial charge >= 0.3 is 6.09 Å². The topological polar surface area (TPSA) is 73.6 Å². The zero-order chi connectivity index (χ0) is 26.0. The SMILES string of the molecule is CCCCCCCSC12CC3CC(C1)CC(N(C(=O)OCC(=O)N1CCC[C@H]1C#N)C(C)(C)C)(C3)C2. The van der Waals surface area contributed by atoms with Gasteiger partial charge in [-0.25, -0.2) is 4.79 Å². The average molecular weight is 518 g/mol. The van der Waals surface area contributed by atoms with Crippen LogP contribution < -0.4 is 0 Å². The molecule has 1 saturated heterocycles. The van der Waals surface area contributed by atoms with Crippen molar-refractivity contribution in [3.05, 3.63) is 0 Å². The van der Waals surface area contributed by atoms with E-state index in [0.717, 1.165) is 25.7 Å². The Hall–Kier alpha value is -1.42. The normalized spacial score (nSPS) is 33.0. The number of amides is 2. The highest BCUT2D eigenvalue weighted by molar-refractivity contribution is 8.00. The molecule has 5 aliphatic rings. The predicted molar refractivity (Wildman–Crippen MR) is 145 cm³/mol. The first-order chi connectivity index (χ1) is 17.1. The lowest BCUT2D eigenvalue weighted by Crippen LogP contribution is -2.69. The van der Waals surface area contributed by atoms with Crippen molar-refractivity contribution in [1.29, 1.82) is 5.26 Å². The molecule has 1 heterocycles. The fourth-order valence-electron chi connectivity index (χ4n) is 8.21. The van der Waals surface area contributed by atoms with E-state index < -0.39 is 6.04 Å². The molecule has 5 fully saturated rings. The highest BCUT2D eigenvalue weighted by atomic mass is 32.2. The molecule has 2 amide bonds. The Morgan fingerprint density at radius 3 is 2.44 bits per heavy atom. The van der Waals surface area contributed by atoms with Crippen LogP contribution in [-0.4, -0.2) is 62.6 Å². The summed E-state index contributed by atoms with van der Waals surface area (Å²) in [6.07, 6.45) is 14.8. The van der Waals surface area contributed by atoms with Gasteiger partial charge in [-0.15, -0.1) is 0 Å². The lowest BCUT2D eigenvalue weighted by Gasteiger charge is -2.66. The van der Waals surface area contributed by atoms with Crippen LogP contribution in [0.2, 0.25) is 0 Å². The number of rotatable bonds is 10. The van der Waals surface area contributed by atoms with Gasteiger partial charge in [0.05, 0.1) is 6.07 Å². The van der Waals surface area contributed by atoms with Crippen molar-refractivity contribution in [2.45, 2.75) is 133 Å². The molecule has 6 nitrogen and oxygen atoms in total. The average Bonchev–Trinajstić information content (AvgIpc) is 3.27. The van der Waals surface area contributed by atoms with Crippen LogP contribution in [0.5, 0.6) is 0 Å². The molecule has 2 unspecified atom stereocenters. The third-order valence-corrected chi connectivity index (χ3v) is 10.6. The summed E-state index contributed by atoms with van der Waals surface area (Å²) in [5.74, 6) is 2.34. The predicted octanol–water partition coefficient (Wildman–Crippen LogP) is 6.53. The molecule has 0 radical (unpaired) electrons. The lowest BCUT2D eigenvalue weighted by molar-refractivity contribution is -0.137. The van der Waals surface area contributed by atoms with Crippen molar-refractivity contribution < 1.29 is 14.3 Å². The van der Waals surface area contributed by atoms with Crippen LogP contribution >= 0.6 is 11.8 Å². The van der Waals surface area contributed by atoms with E-state index in [2.05, 4.69) is 45.5 Å². The molecule has 36 heavy (non-hydrogen) atoms. The minimum Gasteiger partial charge on any atom is -0.439 e. The molecule has 202 valence electrons. The van der Waals surface area contributed by atoms with Crippen molar-refractivity contribution in [3.63, 3.8) is 0 Å². The maximum absolute atomic E-state index is 13.7. The molecule has 4 bridgehead atoms. The van der Waals surface area contributed by atoms with Crippen LogP contribution in [0.4, 0.5) is 4.79 Å². The van der Waals surface area contributed by atoms with E-state index in [9.17, 15) is 14.9 Å². The molecular weight excluding hydrogens is 470 g/mol. The van der Waals surface area contributed by atoms with Gasteiger partial charge in [-0.05, 0) is 96.1 Å². The third kappa shape index (κ3) is 5.84. The first kappa shape index (κ1) is 27.6. The summed E-state index contributed by atoms with van der Waals surface area (Å²) in [6, 6.07) is 1.81. The highest BCUT2D eigenvalue weighted by Gasteiger charge is 2.62. The lowest BCUT2D eigenvalue weighted by atomic mass is 9.51. The third-order valence-electron chi connectivity index (χ3n) is 9.00. The Morgan fingerprint density at radius 1 is 1.11 bits per heavy atom. The van der Waals surface area contributed by atoms with Gasteiger partial charge in [0, 0.05) is 22.4 Å². The Kier molecular flexibility index (Phi) is 8.54. The summed E-state index contributed by atoms with van der Waals surface area (Å²) in [7, 11) is 0. The maximum atomic E-state index is 13.7. The summed E-state index contributed by atoms with van der Waals surface area (Å²) in [5, 5.41) is 9.33. The summed E-state index contributed by atoms with van der Waals surface area (Å²) in [6.45, 7) is 8.88. The standard InChI is InChI=1S/C29H47N3O3S/c1-5-6-7-8-9-13-36-29-17-22-14-23(18-29)16-28(15-22,21-29)32(27(2,3)4)26(34)35-20-25(33)31-12-10-11-24(31)19-30/h22-24H,5-18,20-21H2,1-4H3/t22?,23?,24-,28?,29?/m0/s1. The maximum Gasteiger partial charge on any atom is 0.411 e. The number of thioether (sulfide) groups is 1. The first-order valence-electron chi connectivity index (χ1n) is 14.4. The molecule has 0 aromatic rings. The quantitative estimate of drug-likeness (QED) is 0.308. The molecule has 0 spiro atoms. The second-order valence-corrected chi connectivity index (χ2v) is 14.6. The van der Waals surface area contributed by atoms with Gasteiger partial charge in [-0.1, -0.05) is 32.6 Å². The molecule has 5 rings (SSSR count). The van der Waals surface area contributed by atoms with Crippen LogP contribution in [-0.2, 0) is 9.53 Å². The van der Waals surface area contributed by atoms with Gasteiger partial charge in [0.2, 0.25) is 0 Å². The molecule has 3 atom stereocenters. The van der Waals surface area contributed by atoms with E-state index in [1.54, 1.807) is 4.90 Å². The molecule has 4 aliphatic carbocycles. The highest BCUT2D eigenvalue weighted by Crippen LogP contribution is 2.64. The van der Waals surface area contributed by atoms with Crippen molar-refractivity contribution in [2.75, 3.05) is 18.9 Å². The number of hydrogen-bond donors (Lipinski definition) is 0. The summed E-state index contributed by atoms with van der Waals surface area (Å²) in [4.78, 5) is 30.1. The molecule has 4 saturated carbocycles. The van der Waals surface area contributed by atoms with Gasteiger partial charge in [-0.3, -0.25) is 9.69 Å². The molecule has 0 aromatic heterocycles. The number of carbonyl (C=O) groups is 2. The summed E-state index contributed by atoms with van der Waals surface area (Å²) in [5.41, 5.74) is -0.568. The Morgan fingerprint density at radius 2 is 1.81 bits per heavy atom. The van der Waals surface area contributed by atoms with Crippen molar-refractivity contribution in [3.8, 4) is 6.07 Å². The monoisotopic (exact) mass is 517 g/mol. The number of nitrogens with zero attached hydrogens (tertiary/aromatic N) is 3. The van der Waals surface area contributed by atoms with Crippen molar-refractivity contribution in [1.82, 2.24) is 9.80 Å². The molecule has 1 aliphatic heterocycles. The number of likely N-dealkylation sites (tertiary alicyclic amines) is 1. The zero-order valence-electron chi connectivity index (χ0n) is 23.0. The summed E-state index contributed by atoms with van der Waals surface area (Å²) < 4.78 is 6.02. The largest absolute Gasteiger partial charge is 0.439 e. The molecule has 7 heteroatoms. The van der Waals surface area contributed by atoms with Crippen LogP contribution in [0.1, 0.15) is 111 Å². The summed E-state index contributed by atoms with van der Waals surface area (Å²) >= 11 is 2.20.